The number of aryl methyl sites for hydroxylation is 2. The van der Waals surface area contributed by atoms with Gasteiger partial charge in [0.1, 0.15) is 0 Å². The van der Waals surface area contributed by atoms with Crippen LogP contribution in [0, 0.1) is 18.6 Å². The highest BCUT2D eigenvalue weighted by Gasteiger charge is 2.27. The molecule has 130 valence electrons. The molecule has 0 bridgehead atoms. The Balaban J connectivity index is 1.60. The van der Waals surface area contributed by atoms with Gasteiger partial charge in [0.25, 0.3) is 0 Å². The van der Waals surface area contributed by atoms with Gasteiger partial charge in [0, 0.05) is 17.5 Å². The van der Waals surface area contributed by atoms with E-state index in [1.54, 1.807) is 4.68 Å². The second kappa shape index (κ2) is 6.82. The van der Waals surface area contributed by atoms with E-state index in [0.717, 1.165) is 17.8 Å². The highest BCUT2D eigenvalue weighted by Crippen LogP contribution is 2.34. The minimum Gasteiger partial charge on any atom is -0.276 e. The summed E-state index contributed by atoms with van der Waals surface area (Å²) < 4.78 is 4.24. The van der Waals surface area contributed by atoms with Gasteiger partial charge in [-0.2, -0.15) is 4.68 Å². The summed E-state index contributed by atoms with van der Waals surface area (Å²) >= 11 is 7.48. The molecule has 2 aromatic heterocycles. The van der Waals surface area contributed by atoms with E-state index >= 15 is 0 Å². The highest BCUT2D eigenvalue weighted by atomic mass is 32.1. The summed E-state index contributed by atoms with van der Waals surface area (Å²) in [6, 6.07) is 11.1. The van der Waals surface area contributed by atoms with Crippen molar-refractivity contribution in [3.8, 4) is 5.69 Å². The number of likely N-dealkylation sites (tertiary alicyclic amines) is 1. The molecule has 7 heteroatoms. The fourth-order valence-corrected chi connectivity index (χ4v) is 4.65. The lowest BCUT2D eigenvalue weighted by atomic mass is 10.1. The summed E-state index contributed by atoms with van der Waals surface area (Å²) in [5.41, 5.74) is 3.38. The van der Waals surface area contributed by atoms with Gasteiger partial charge in [-0.3, -0.25) is 4.90 Å². The molecule has 1 aliphatic heterocycles. The number of benzene rings is 1. The van der Waals surface area contributed by atoms with Crippen molar-refractivity contribution in [1.82, 2.24) is 24.7 Å². The molecule has 1 atom stereocenters. The lowest BCUT2D eigenvalue weighted by molar-refractivity contribution is 0.190. The average molecular weight is 372 g/mol. The van der Waals surface area contributed by atoms with Crippen LogP contribution in [0.25, 0.3) is 5.69 Å². The van der Waals surface area contributed by atoms with Gasteiger partial charge >= 0.3 is 0 Å². The maximum Gasteiger partial charge on any atom is 0.221 e. The molecule has 1 fully saturated rings. The van der Waals surface area contributed by atoms with Crippen LogP contribution in [0.2, 0.25) is 0 Å². The van der Waals surface area contributed by atoms with Crippen molar-refractivity contribution in [3.63, 3.8) is 0 Å². The zero-order valence-electron chi connectivity index (χ0n) is 14.4. The van der Waals surface area contributed by atoms with Gasteiger partial charge in [0.05, 0.1) is 12.4 Å². The van der Waals surface area contributed by atoms with E-state index in [2.05, 4.69) is 64.9 Å². The lowest BCUT2D eigenvalue weighted by Crippen LogP contribution is -2.26. The maximum absolute atomic E-state index is 5.65. The number of aromatic nitrogens is 4. The minimum absolute atomic E-state index is 0.466. The molecule has 0 N–H and O–H groups in total. The summed E-state index contributed by atoms with van der Waals surface area (Å²) in [5, 5.41) is 10.8. The predicted molar refractivity (Wildman–Crippen MR) is 103 cm³/mol. The van der Waals surface area contributed by atoms with Crippen molar-refractivity contribution in [1.29, 1.82) is 0 Å². The molecule has 0 amide bonds. The zero-order chi connectivity index (χ0) is 17.4. The first-order chi connectivity index (χ1) is 12.1. The number of hydrogen-bond donors (Lipinski definition) is 0. The molecule has 3 heterocycles. The normalized spacial score (nSPS) is 18.1. The Morgan fingerprint density at radius 2 is 2.12 bits per heavy atom. The molecule has 3 aromatic rings. The molecule has 5 nitrogen and oxygen atoms in total. The SMILES string of the molecule is Cc1ccc(-n2nnn(CN3CCC[C@H]3c3cccs3)c2=S)c(C)c1. The van der Waals surface area contributed by atoms with E-state index < -0.39 is 0 Å². The van der Waals surface area contributed by atoms with Crippen molar-refractivity contribution in [2.45, 2.75) is 39.4 Å². The Kier molecular flexibility index (Phi) is 4.54. The first kappa shape index (κ1) is 16.6. The maximum atomic E-state index is 5.65. The lowest BCUT2D eigenvalue weighted by Gasteiger charge is -2.22. The second-order valence-electron chi connectivity index (χ2n) is 6.59. The first-order valence-electron chi connectivity index (χ1n) is 8.51. The van der Waals surface area contributed by atoms with Crippen LogP contribution in [0.15, 0.2) is 35.7 Å². The summed E-state index contributed by atoms with van der Waals surface area (Å²) in [6.45, 7) is 5.93. The van der Waals surface area contributed by atoms with Gasteiger partial charge < -0.3 is 0 Å². The summed E-state index contributed by atoms with van der Waals surface area (Å²) in [7, 11) is 0. The Bertz CT molecular complexity index is 925. The first-order valence-corrected chi connectivity index (χ1v) is 9.80. The van der Waals surface area contributed by atoms with E-state index in [-0.39, 0.29) is 0 Å². The number of rotatable bonds is 4. The molecule has 1 aliphatic rings. The van der Waals surface area contributed by atoms with E-state index in [1.165, 1.54) is 23.3 Å². The van der Waals surface area contributed by atoms with Crippen LogP contribution in [0.1, 0.15) is 34.9 Å². The molecular weight excluding hydrogens is 350 g/mol. The van der Waals surface area contributed by atoms with Crippen molar-refractivity contribution in [3.05, 3.63) is 56.5 Å². The quantitative estimate of drug-likeness (QED) is 0.642. The smallest absolute Gasteiger partial charge is 0.221 e. The van der Waals surface area contributed by atoms with E-state index in [9.17, 15) is 0 Å². The summed E-state index contributed by atoms with van der Waals surface area (Å²) in [5.74, 6) is 0. The zero-order valence-corrected chi connectivity index (χ0v) is 16.1. The van der Waals surface area contributed by atoms with Crippen LogP contribution in [-0.4, -0.2) is 31.2 Å². The third-order valence-corrected chi connectivity index (χ3v) is 6.13. The van der Waals surface area contributed by atoms with Crippen molar-refractivity contribution >= 4 is 23.6 Å². The Hall–Kier alpha value is -1.83. The average Bonchev–Trinajstić information content (AvgIpc) is 3.31. The monoisotopic (exact) mass is 371 g/mol. The molecule has 1 saturated heterocycles. The van der Waals surface area contributed by atoms with Crippen LogP contribution in [0.3, 0.4) is 0 Å². The number of hydrogen-bond acceptors (Lipinski definition) is 5. The van der Waals surface area contributed by atoms with Crippen LogP contribution in [0.4, 0.5) is 0 Å². The highest BCUT2D eigenvalue weighted by molar-refractivity contribution is 7.71. The van der Waals surface area contributed by atoms with E-state index in [1.807, 2.05) is 16.0 Å². The number of tetrazole rings is 1. The van der Waals surface area contributed by atoms with Crippen LogP contribution in [0.5, 0.6) is 0 Å². The Labute approximate surface area is 156 Å². The topological polar surface area (TPSA) is 38.9 Å². The van der Waals surface area contributed by atoms with Gasteiger partial charge in [-0.25, -0.2) is 4.68 Å². The molecule has 25 heavy (non-hydrogen) atoms. The molecule has 1 aromatic carbocycles. The van der Waals surface area contributed by atoms with Crippen LogP contribution < -0.4 is 0 Å². The van der Waals surface area contributed by atoms with Crippen LogP contribution >= 0.6 is 23.6 Å². The molecule has 0 radical (unpaired) electrons. The van der Waals surface area contributed by atoms with Crippen molar-refractivity contribution in [2.24, 2.45) is 0 Å². The van der Waals surface area contributed by atoms with Gasteiger partial charge in [-0.15, -0.1) is 11.3 Å². The van der Waals surface area contributed by atoms with Crippen LogP contribution in [-0.2, 0) is 6.67 Å². The Morgan fingerprint density at radius 3 is 2.88 bits per heavy atom. The largest absolute Gasteiger partial charge is 0.276 e. The molecule has 0 aliphatic carbocycles. The standard InChI is InChI=1S/C18H21N5S2/c1-13-7-8-15(14(2)11-13)23-18(24)22(19-20-23)12-21-9-3-5-16(21)17-6-4-10-25-17/h4,6-8,10-11,16H,3,5,9,12H2,1-2H3/t16-/m0/s1. The third kappa shape index (κ3) is 3.19. The second-order valence-corrected chi connectivity index (χ2v) is 7.93. The van der Waals surface area contributed by atoms with Gasteiger partial charge in [0.2, 0.25) is 4.77 Å². The molecular formula is C18H21N5S2. The van der Waals surface area contributed by atoms with Gasteiger partial charge in [-0.1, -0.05) is 23.8 Å². The number of nitrogens with zero attached hydrogens (tertiary/aromatic N) is 5. The molecule has 4 rings (SSSR count). The fourth-order valence-electron chi connectivity index (χ4n) is 3.53. The summed E-state index contributed by atoms with van der Waals surface area (Å²) in [4.78, 5) is 3.87. The van der Waals surface area contributed by atoms with E-state index in [4.69, 9.17) is 12.2 Å². The minimum atomic E-state index is 0.466. The summed E-state index contributed by atoms with van der Waals surface area (Å²) in [6.07, 6.45) is 2.40. The Morgan fingerprint density at radius 1 is 1.24 bits per heavy atom. The fraction of sp³-hybridized carbons (Fsp3) is 0.389. The number of thiophene rings is 1. The van der Waals surface area contributed by atoms with Crippen molar-refractivity contribution < 1.29 is 0 Å². The van der Waals surface area contributed by atoms with Crippen molar-refractivity contribution in [2.75, 3.05) is 6.54 Å². The third-order valence-electron chi connectivity index (χ3n) is 4.77. The van der Waals surface area contributed by atoms with E-state index in [0.29, 0.717) is 17.5 Å². The molecule has 0 saturated carbocycles. The molecule has 0 spiro atoms. The molecule has 0 unspecified atom stereocenters. The predicted octanol–water partition coefficient (Wildman–Crippen LogP) is 4.27. The van der Waals surface area contributed by atoms with Gasteiger partial charge in [-0.05, 0) is 72.4 Å². The van der Waals surface area contributed by atoms with Gasteiger partial charge in [0.15, 0.2) is 0 Å².